The molecule has 3 N–H and O–H groups in total. The molecule has 0 spiro atoms. The number of rotatable bonds is 8. The van der Waals surface area contributed by atoms with E-state index < -0.39 is 23.3 Å². The molecule has 1 unspecified atom stereocenters. The molecule has 0 radical (unpaired) electrons. The quantitative estimate of drug-likeness (QED) is 0.225. The van der Waals surface area contributed by atoms with Gasteiger partial charge < -0.3 is 34.4 Å². The Kier molecular flexibility index (Phi) is 8.51. The second-order valence-corrected chi connectivity index (χ2v) is 14.3. The van der Waals surface area contributed by atoms with Crippen molar-refractivity contribution in [3.8, 4) is 16.9 Å². The summed E-state index contributed by atoms with van der Waals surface area (Å²) in [4.78, 5) is 36.3. The maximum absolute atomic E-state index is 13.8. The zero-order chi connectivity index (χ0) is 33.8. The molecule has 0 bridgehead atoms. The van der Waals surface area contributed by atoms with Crippen LogP contribution >= 0.6 is 0 Å². The number of H-pyrrole nitrogens is 1. The smallest absolute Gasteiger partial charge is 0.407 e. The molecule has 0 aliphatic carbocycles. The van der Waals surface area contributed by atoms with E-state index in [1.165, 1.54) is 7.11 Å². The Balaban J connectivity index is 1.30. The number of carbonyl (C=O) groups excluding carboxylic acids is 2. The summed E-state index contributed by atoms with van der Waals surface area (Å²) >= 11 is 0. The van der Waals surface area contributed by atoms with Crippen LogP contribution in [0.25, 0.3) is 32.9 Å². The van der Waals surface area contributed by atoms with Crippen molar-refractivity contribution in [2.24, 2.45) is 5.92 Å². The van der Waals surface area contributed by atoms with Crippen LogP contribution in [0.4, 0.5) is 4.79 Å². The summed E-state index contributed by atoms with van der Waals surface area (Å²) < 4.78 is 17.2. The van der Waals surface area contributed by atoms with Crippen molar-refractivity contribution < 1.29 is 28.8 Å². The molecular formula is C36H45BN4O6. The van der Waals surface area contributed by atoms with Gasteiger partial charge in [-0.2, -0.15) is 0 Å². The van der Waals surface area contributed by atoms with Gasteiger partial charge in [0.15, 0.2) is 0 Å². The van der Waals surface area contributed by atoms with E-state index in [1.54, 1.807) is 13.8 Å². The van der Waals surface area contributed by atoms with Crippen LogP contribution in [0.15, 0.2) is 42.5 Å². The van der Waals surface area contributed by atoms with Gasteiger partial charge in [-0.05, 0) is 88.1 Å². The third-order valence-corrected chi connectivity index (χ3v) is 10.1. The van der Waals surface area contributed by atoms with Crippen LogP contribution in [0.1, 0.15) is 78.7 Å². The van der Waals surface area contributed by atoms with Gasteiger partial charge in [-0.25, -0.2) is 9.78 Å². The minimum atomic E-state index is -0.975. The Morgan fingerprint density at radius 2 is 1.87 bits per heavy atom. The van der Waals surface area contributed by atoms with Crippen molar-refractivity contribution in [1.29, 1.82) is 0 Å². The number of ether oxygens (including phenoxy) is 2. The average molecular weight is 641 g/mol. The van der Waals surface area contributed by atoms with E-state index in [2.05, 4.69) is 46.7 Å². The topological polar surface area (TPSA) is 126 Å². The normalized spacial score (nSPS) is 18.6. The lowest BCUT2D eigenvalue weighted by Crippen LogP contribution is -2.52. The van der Waals surface area contributed by atoms with Gasteiger partial charge in [-0.1, -0.05) is 43.6 Å². The zero-order valence-corrected chi connectivity index (χ0v) is 28.6. The molecule has 47 heavy (non-hydrogen) atoms. The molecule has 1 saturated heterocycles. The zero-order valence-electron chi connectivity index (χ0n) is 28.6. The van der Waals surface area contributed by atoms with E-state index >= 15 is 0 Å². The number of methoxy groups -OCH3 is 1. The van der Waals surface area contributed by atoms with Gasteiger partial charge in [0.2, 0.25) is 5.91 Å². The number of imidazole rings is 1. The van der Waals surface area contributed by atoms with E-state index in [1.807, 2.05) is 45.6 Å². The molecule has 3 atom stereocenters. The Morgan fingerprint density at radius 1 is 1.11 bits per heavy atom. The second-order valence-electron chi connectivity index (χ2n) is 14.3. The molecule has 1 fully saturated rings. The first kappa shape index (κ1) is 32.8. The summed E-state index contributed by atoms with van der Waals surface area (Å²) in [6.45, 7) is 13.6. The first-order chi connectivity index (χ1) is 22.2. The largest absolute Gasteiger partial charge is 0.488 e. The fourth-order valence-corrected chi connectivity index (χ4v) is 6.54. The molecule has 2 amide bonds. The predicted octanol–water partition coefficient (Wildman–Crippen LogP) is 5.25. The molecule has 2 aliphatic rings. The van der Waals surface area contributed by atoms with Gasteiger partial charge in [0.1, 0.15) is 24.2 Å². The molecule has 3 heterocycles. The summed E-state index contributed by atoms with van der Waals surface area (Å²) in [6, 6.07) is 13.7. The lowest BCUT2D eigenvalue weighted by molar-refractivity contribution is -0.137. The Morgan fingerprint density at radius 3 is 2.57 bits per heavy atom. The van der Waals surface area contributed by atoms with Crippen LogP contribution in [-0.2, 0) is 20.8 Å². The van der Waals surface area contributed by atoms with Crippen molar-refractivity contribution in [3.05, 3.63) is 53.9 Å². The maximum atomic E-state index is 13.8. The summed E-state index contributed by atoms with van der Waals surface area (Å²) in [5.41, 5.74) is 4.31. The number of aromatic nitrogens is 2. The highest BCUT2D eigenvalue weighted by Crippen LogP contribution is 2.42. The SMILES string of the molecule is COC(=O)NC(C(=O)N1[C@@H](C)CC[C@H]1c1nc2ccc3cc4c(cc3c2[nH]1)OCc1cc(BOC(C)(C)C(C)(C)O)ccc1-4)C(C)C. The Labute approximate surface area is 276 Å². The Hall–Kier alpha value is -4.09. The van der Waals surface area contributed by atoms with Gasteiger partial charge in [-0.3, -0.25) is 4.79 Å². The lowest BCUT2D eigenvalue weighted by Gasteiger charge is -2.37. The van der Waals surface area contributed by atoms with Crippen molar-refractivity contribution in [3.63, 3.8) is 0 Å². The number of benzene rings is 3. The van der Waals surface area contributed by atoms with Gasteiger partial charge in [0, 0.05) is 17.0 Å². The van der Waals surface area contributed by atoms with Crippen molar-refractivity contribution >= 4 is 46.8 Å². The molecule has 2 aliphatic heterocycles. The number of nitrogens with zero attached hydrogens (tertiary/aromatic N) is 2. The number of alkyl carbamates (subject to hydrolysis) is 1. The third-order valence-electron chi connectivity index (χ3n) is 10.1. The molecule has 6 rings (SSSR count). The number of amides is 2. The predicted molar refractivity (Wildman–Crippen MR) is 184 cm³/mol. The van der Waals surface area contributed by atoms with Crippen LogP contribution in [-0.4, -0.2) is 69.9 Å². The molecule has 0 saturated carbocycles. The molecule has 4 aromatic rings. The number of likely N-dealkylation sites (tertiary alicyclic amines) is 1. The van der Waals surface area contributed by atoms with E-state index in [-0.39, 0.29) is 23.9 Å². The van der Waals surface area contributed by atoms with Gasteiger partial charge in [0.25, 0.3) is 0 Å². The first-order valence-corrected chi connectivity index (χ1v) is 16.4. The minimum Gasteiger partial charge on any atom is -0.488 e. The number of nitrogens with one attached hydrogen (secondary N) is 2. The van der Waals surface area contributed by atoms with E-state index in [0.29, 0.717) is 14.1 Å². The number of hydrogen-bond acceptors (Lipinski definition) is 7. The van der Waals surface area contributed by atoms with Crippen molar-refractivity contribution in [2.75, 3.05) is 7.11 Å². The summed E-state index contributed by atoms with van der Waals surface area (Å²) in [5.74, 6) is 1.29. The van der Waals surface area contributed by atoms with Crippen LogP contribution in [0, 0.1) is 5.92 Å². The van der Waals surface area contributed by atoms with Gasteiger partial charge in [0.05, 0.1) is 35.4 Å². The third kappa shape index (κ3) is 6.07. The number of aliphatic hydroxyl groups is 1. The van der Waals surface area contributed by atoms with Gasteiger partial charge >= 0.3 is 13.6 Å². The van der Waals surface area contributed by atoms with Crippen LogP contribution in [0.5, 0.6) is 5.75 Å². The maximum Gasteiger partial charge on any atom is 0.407 e. The van der Waals surface area contributed by atoms with Crippen LogP contribution in [0.3, 0.4) is 0 Å². The average Bonchev–Trinajstić information content (AvgIpc) is 3.64. The fourth-order valence-electron chi connectivity index (χ4n) is 6.54. The van der Waals surface area contributed by atoms with E-state index in [9.17, 15) is 14.7 Å². The molecule has 248 valence electrons. The monoisotopic (exact) mass is 640 g/mol. The lowest BCUT2D eigenvalue weighted by atomic mass is 9.80. The van der Waals surface area contributed by atoms with Crippen LogP contribution < -0.4 is 15.5 Å². The highest BCUT2D eigenvalue weighted by Gasteiger charge is 2.41. The standard InChI is InChI=1S/C36H45BN4O6/c1-19(2)30(40-34(43)45-8)33(42)41-20(3)9-14-28(41)32-38-27-13-10-21-16-26-24-12-11-23(37-47-36(6,7)35(4,5)44)15-22(24)18-46-29(26)17-25(21)31(27)39-32/h10-13,15-17,19-20,28,30,37,44H,9,14,18H2,1-8H3,(H,38,39)(H,40,43)/t20-,28-,30?/m0/s1. The van der Waals surface area contributed by atoms with E-state index in [4.69, 9.17) is 19.1 Å². The summed E-state index contributed by atoms with van der Waals surface area (Å²) in [7, 11) is 1.69. The molecular weight excluding hydrogens is 595 g/mol. The number of hydrogen-bond donors (Lipinski definition) is 3. The first-order valence-electron chi connectivity index (χ1n) is 16.4. The second kappa shape index (κ2) is 12.2. The van der Waals surface area contributed by atoms with Crippen molar-refractivity contribution in [2.45, 2.75) is 97.2 Å². The van der Waals surface area contributed by atoms with Crippen molar-refractivity contribution in [1.82, 2.24) is 20.2 Å². The highest BCUT2D eigenvalue weighted by atomic mass is 16.5. The Bertz CT molecular complexity index is 1840. The summed E-state index contributed by atoms with van der Waals surface area (Å²) in [6.07, 6.45) is 0.985. The minimum absolute atomic E-state index is 0.00117. The molecule has 10 nitrogen and oxygen atoms in total. The number of aromatic amines is 1. The molecule has 3 aromatic carbocycles. The van der Waals surface area contributed by atoms with Gasteiger partial charge in [-0.15, -0.1) is 0 Å². The van der Waals surface area contributed by atoms with E-state index in [0.717, 1.165) is 68.4 Å². The van der Waals surface area contributed by atoms with Crippen LogP contribution in [0.2, 0.25) is 0 Å². The highest BCUT2D eigenvalue weighted by molar-refractivity contribution is 6.47. The number of fused-ring (bicyclic) bond motifs is 6. The summed E-state index contributed by atoms with van der Waals surface area (Å²) in [5, 5.41) is 15.2. The number of carbonyl (C=O) groups is 2. The molecule has 11 heteroatoms. The molecule has 1 aromatic heterocycles. The fraction of sp³-hybridized carbons (Fsp3) is 0.472.